The molecule has 7 heteroatoms. The van der Waals surface area contributed by atoms with Gasteiger partial charge in [-0.05, 0) is 6.07 Å². The zero-order valence-corrected chi connectivity index (χ0v) is 14.2. The van der Waals surface area contributed by atoms with Gasteiger partial charge in [0, 0.05) is 37.1 Å². The number of aromatic nitrogens is 2. The van der Waals surface area contributed by atoms with Crippen LogP contribution < -0.4 is 10.1 Å². The third-order valence-electron chi connectivity index (χ3n) is 4.22. The summed E-state index contributed by atoms with van der Waals surface area (Å²) in [5.41, 5.74) is 2.06. The van der Waals surface area contributed by atoms with Crippen LogP contribution in [-0.4, -0.2) is 45.8 Å². The number of hydrogen-bond donors (Lipinski definition) is 1. The molecule has 0 spiro atoms. The van der Waals surface area contributed by atoms with E-state index in [4.69, 9.17) is 4.74 Å². The lowest BCUT2D eigenvalue weighted by atomic mass is 10.2. The van der Waals surface area contributed by atoms with Gasteiger partial charge in [0.05, 0.1) is 18.8 Å². The Bertz CT molecular complexity index is 724. The SMILES string of the molecule is O=C(CN1CCOc2ccccc2C1)NCc1cn2c(n1)SCC2. The van der Waals surface area contributed by atoms with Crippen molar-refractivity contribution in [2.75, 3.05) is 25.4 Å². The topological polar surface area (TPSA) is 59.4 Å². The van der Waals surface area contributed by atoms with Crippen LogP contribution in [0.4, 0.5) is 0 Å². The first-order chi connectivity index (χ1) is 11.8. The van der Waals surface area contributed by atoms with E-state index in [1.54, 1.807) is 11.8 Å². The Kier molecular flexibility index (Phi) is 4.44. The van der Waals surface area contributed by atoms with E-state index in [2.05, 4.69) is 25.8 Å². The van der Waals surface area contributed by atoms with E-state index >= 15 is 0 Å². The van der Waals surface area contributed by atoms with Crippen molar-refractivity contribution in [1.82, 2.24) is 19.8 Å². The number of hydrogen-bond acceptors (Lipinski definition) is 5. The molecule has 4 rings (SSSR count). The lowest BCUT2D eigenvalue weighted by Crippen LogP contribution is -2.37. The second kappa shape index (κ2) is 6.86. The zero-order valence-electron chi connectivity index (χ0n) is 13.4. The number of carbonyl (C=O) groups excluding carboxylic acids is 1. The molecule has 1 aromatic heterocycles. The normalized spacial score (nSPS) is 16.8. The van der Waals surface area contributed by atoms with Crippen LogP contribution in [0.2, 0.25) is 0 Å². The minimum atomic E-state index is 0.0233. The van der Waals surface area contributed by atoms with Gasteiger partial charge in [0.1, 0.15) is 12.4 Å². The Labute approximate surface area is 145 Å². The summed E-state index contributed by atoms with van der Waals surface area (Å²) in [6.07, 6.45) is 2.03. The van der Waals surface area contributed by atoms with Crippen molar-refractivity contribution in [3.8, 4) is 5.75 Å². The average molecular weight is 344 g/mol. The summed E-state index contributed by atoms with van der Waals surface area (Å²) in [6, 6.07) is 8.01. The van der Waals surface area contributed by atoms with Gasteiger partial charge in [-0.3, -0.25) is 9.69 Å². The predicted octanol–water partition coefficient (Wildman–Crippen LogP) is 1.50. The minimum absolute atomic E-state index is 0.0233. The Balaban J connectivity index is 1.31. The molecule has 2 aliphatic heterocycles. The van der Waals surface area contributed by atoms with Crippen LogP contribution in [0.3, 0.4) is 0 Å². The minimum Gasteiger partial charge on any atom is -0.492 e. The molecule has 126 valence electrons. The number of nitrogens with zero attached hydrogens (tertiary/aromatic N) is 3. The zero-order chi connectivity index (χ0) is 16.4. The number of carbonyl (C=O) groups is 1. The summed E-state index contributed by atoms with van der Waals surface area (Å²) < 4.78 is 7.88. The van der Waals surface area contributed by atoms with E-state index in [0.717, 1.165) is 47.6 Å². The standard InChI is InChI=1S/C17H20N4O2S/c22-16(18-9-14-11-21-6-8-24-17(21)19-14)12-20-5-7-23-15-4-2-1-3-13(15)10-20/h1-4,11H,5-10,12H2,(H,18,22). The highest BCUT2D eigenvalue weighted by atomic mass is 32.2. The molecule has 1 aromatic carbocycles. The van der Waals surface area contributed by atoms with Gasteiger partial charge < -0.3 is 14.6 Å². The first kappa shape index (κ1) is 15.5. The van der Waals surface area contributed by atoms with Crippen molar-refractivity contribution in [3.05, 3.63) is 41.7 Å². The summed E-state index contributed by atoms with van der Waals surface area (Å²) in [5.74, 6) is 2.04. The summed E-state index contributed by atoms with van der Waals surface area (Å²) in [4.78, 5) is 18.9. The summed E-state index contributed by atoms with van der Waals surface area (Å²) >= 11 is 1.76. The molecule has 0 aliphatic carbocycles. The lowest BCUT2D eigenvalue weighted by Gasteiger charge is -2.18. The van der Waals surface area contributed by atoms with Crippen LogP contribution in [0.15, 0.2) is 35.6 Å². The van der Waals surface area contributed by atoms with Crippen LogP contribution in [0, 0.1) is 0 Å². The van der Waals surface area contributed by atoms with Crippen molar-refractivity contribution in [2.45, 2.75) is 24.8 Å². The molecule has 3 heterocycles. The molecule has 0 radical (unpaired) electrons. The molecule has 0 saturated carbocycles. The largest absolute Gasteiger partial charge is 0.492 e. The van der Waals surface area contributed by atoms with Gasteiger partial charge in [0.25, 0.3) is 0 Å². The number of thioether (sulfide) groups is 1. The van der Waals surface area contributed by atoms with Gasteiger partial charge in [-0.15, -0.1) is 0 Å². The maximum atomic E-state index is 12.3. The van der Waals surface area contributed by atoms with Gasteiger partial charge in [0.2, 0.25) is 5.91 Å². The Hall–Kier alpha value is -1.99. The smallest absolute Gasteiger partial charge is 0.234 e. The summed E-state index contributed by atoms with van der Waals surface area (Å²) in [5, 5.41) is 4.03. The highest BCUT2D eigenvalue weighted by molar-refractivity contribution is 7.99. The lowest BCUT2D eigenvalue weighted by molar-refractivity contribution is -0.122. The van der Waals surface area contributed by atoms with Crippen LogP contribution in [0.5, 0.6) is 5.75 Å². The van der Waals surface area contributed by atoms with Crippen LogP contribution in [0.25, 0.3) is 0 Å². The molecule has 2 aliphatic rings. The molecule has 24 heavy (non-hydrogen) atoms. The molecule has 6 nitrogen and oxygen atoms in total. The number of amides is 1. The first-order valence-electron chi connectivity index (χ1n) is 8.16. The van der Waals surface area contributed by atoms with Crippen LogP contribution >= 0.6 is 11.8 Å². The predicted molar refractivity (Wildman–Crippen MR) is 92.0 cm³/mol. The highest BCUT2D eigenvalue weighted by Crippen LogP contribution is 2.24. The summed E-state index contributed by atoms with van der Waals surface area (Å²) in [7, 11) is 0. The highest BCUT2D eigenvalue weighted by Gasteiger charge is 2.18. The fourth-order valence-electron chi connectivity index (χ4n) is 3.01. The van der Waals surface area contributed by atoms with Gasteiger partial charge in [0.15, 0.2) is 5.16 Å². The number of ether oxygens (including phenoxy) is 1. The number of benzene rings is 1. The molecule has 0 atom stereocenters. The Morgan fingerprint density at radius 3 is 3.17 bits per heavy atom. The Morgan fingerprint density at radius 1 is 1.33 bits per heavy atom. The second-order valence-electron chi connectivity index (χ2n) is 6.00. The molecule has 0 bridgehead atoms. The third-order valence-corrected chi connectivity index (χ3v) is 5.19. The number of imidazole rings is 1. The van der Waals surface area contributed by atoms with E-state index < -0.39 is 0 Å². The van der Waals surface area contributed by atoms with Crippen LogP contribution in [0.1, 0.15) is 11.3 Å². The molecule has 0 unspecified atom stereocenters. The van der Waals surface area contributed by atoms with Gasteiger partial charge in [-0.1, -0.05) is 30.0 Å². The molecule has 1 amide bonds. The van der Waals surface area contributed by atoms with E-state index in [1.807, 2.05) is 24.4 Å². The fraction of sp³-hybridized carbons (Fsp3) is 0.412. The van der Waals surface area contributed by atoms with Crippen LogP contribution in [-0.2, 0) is 24.4 Å². The maximum absolute atomic E-state index is 12.3. The van der Waals surface area contributed by atoms with Gasteiger partial charge in [-0.2, -0.15) is 0 Å². The van der Waals surface area contributed by atoms with Crippen molar-refractivity contribution in [3.63, 3.8) is 0 Å². The number of aryl methyl sites for hydroxylation is 1. The monoisotopic (exact) mass is 344 g/mol. The number of rotatable bonds is 4. The number of nitrogens with one attached hydrogen (secondary N) is 1. The van der Waals surface area contributed by atoms with E-state index in [1.165, 1.54) is 0 Å². The number of fused-ring (bicyclic) bond motifs is 2. The molecule has 2 aromatic rings. The second-order valence-corrected chi connectivity index (χ2v) is 7.06. The van der Waals surface area contributed by atoms with Crippen molar-refractivity contribution in [2.24, 2.45) is 0 Å². The Morgan fingerprint density at radius 2 is 2.25 bits per heavy atom. The molecule has 0 saturated heterocycles. The average Bonchev–Trinajstić information content (AvgIpc) is 3.09. The molecular weight excluding hydrogens is 324 g/mol. The molecule has 0 fully saturated rings. The van der Waals surface area contributed by atoms with Crippen molar-refractivity contribution >= 4 is 17.7 Å². The van der Waals surface area contributed by atoms with Crippen molar-refractivity contribution in [1.29, 1.82) is 0 Å². The van der Waals surface area contributed by atoms with E-state index in [9.17, 15) is 4.79 Å². The number of para-hydroxylation sites is 1. The molecule has 1 N–H and O–H groups in total. The fourth-order valence-corrected chi connectivity index (χ4v) is 3.97. The van der Waals surface area contributed by atoms with E-state index in [-0.39, 0.29) is 5.91 Å². The van der Waals surface area contributed by atoms with Crippen molar-refractivity contribution < 1.29 is 9.53 Å². The first-order valence-corrected chi connectivity index (χ1v) is 9.15. The maximum Gasteiger partial charge on any atom is 0.234 e. The van der Waals surface area contributed by atoms with Gasteiger partial charge in [-0.25, -0.2) is 4.98 Å². The summed E-state index contributed by atoms with van der Waals surface area (Å²) in [6.45, 7) is 3.96. The van der Waals surface area contributed by atoms with Gasteiger partial charge >= 0.3 is 0 Å². The third kappa shape index (κ3) is 3.42. The van der Waals surface area contributed by atoms with E-state index in [0.29, 0.717) is 19.7 Å². The molecular formula is C17H20N4O2S. The quantitative estimate of drug-likeness (QED) is 0.911.